The van der Waals surface area contributed by atoms with Crippen molar-refractivity contribution in [2.24, 2.45) is 11.7 Å². The maximum atomic E-state index is 5.75. The third kappa shape index (κ3) is 4.76. The third-order valence-electron chi connectivity index (χ3n) is 4.29. The molecule has 0 saturated carbocycles. The van der Waals surface area contributed by atoms with Gasteiger partial charge in [0.25, 0.3) is 0 Å². The summed E-state index contributed by atoms with van der Waals surface area (Å²) >= 11 is 0. The zero-order valence-corrected chi connectivity index (χ0v) is 13.3. The highest BCUT2D eigenvalue weighted by Gasteiger charge is 2.25. The predicted octanol–water partition coefficient (Wildman–Crippen LogP) is 1.77. The Balaban J connectivity index is 1.86. The first-order valence-electron chi connectivity index (χ1n) is 8.13. The van der Waals surface area contributed by atoms with Gasteiger partial charge in [-0.3, -0.25) is 4.90 Å². The van der Waals surface area contributed by atoms with E-state index >= 15 is 0 Å². The number of morpholine rings is 1. The molecule has 1 saturated heterocycles. The van der Waals surface area contributed by atoms with E-state index in [0.29, 0.717) is 11.7 Å². The molecule has 2 N–H and O–H groups in total. The van der Waals surface area contributed by atoms with Crippen LogP contribution in [0.2, 0.25) is 0 Å². The van der Waals surface area contributed by atoms with Gasteiger partial charge in [-0.05, 0) is 31.8 Å². The molecule has 2 rings (SSSR count). The van der Waals surface area contributed by atoms with Crippen molar-refractivity contribution < 1.29 is 9.26 Å². The zero-order chi connectivity index (χ0) is 15.1. The Bertz CT molecular complexity index is 410. The van der Waals surface area contributed by atoms with E-state index in [4.69, 9.17) is 15.0 Å². The average Bonchev–Trinajstić information content (AvgIpc) is 3.00. The lowest BCUT2D eigenvalue weighted by molar-refractivity contribution is -0.0334. The van der Waals surface area contributed by atoms with Crippen molar-refractivity contribution >= 4 is 0 Å². The lowest BCUT2D eigenvalue weighted by Crippen LogP contribution is -2.38. The summed E-state index contributed by atoms with van der Waals surface area (Å²) in [5.41, 5.74) is 5.63. The van der Waals surface area contributed by atoms with Gasteiger partial charge in [-0.25, -0.2) is 0 Å². The van der Waals surface area contributed by atoms with Gasteiger partial charge in [0.1, 0.15) is 6.10 Å². The molecule has 0 bridgehead atoms. The van der Waals surface area contributed by atoms with Crippen LogP contribution in [0.5, 0.6) is 0 Å². The molecule has 0 radical (unpaired) electrons. The van der Waals surface area contributed by atoms with E-state index < -0.39 is 0 Å². The fourth-order valence-electron chi connectivity index (χ4n) is 2.76. The highest BCUT2D eigenvalue weighted by atomic mass is 16.5. The molecule has 6 heteroatoms. The van der Waals surface area contributed by atoms with Crippen molar-refractivity contribution in [2.75, 3.05) is 32.8 Å². The van der Waals surface area contributed by atoms with Gasteiger partial charge >= 0.3 is 0 Å². The summed E-state index contributed by atoms with van der Waals surface area (Å²) in [5.74, 6) is 2.06. The number of rotatable bonds is 8. The molecule has 1 aromatic heterocycles. The first-order valence-corrected chi connectivity index (χ1v) is 8.13. The molecule has 0 spiro atoms. The molecule has 1 aliphatic rings. The Morgan fingerprint density at radius 3 is 2.95 bits per heavy atom. The molecule has 0 aromatic carbocycles. The van der Waals surface area contributed by atoms with Gasteiger partial charge in [0.15, 0.2) is 0 Å². The van der Waals surface area contributed by atoms with Crippen molar-refractivity contribution in [3.63, 3.8) is 0 Å². The molecule has 120 valence electrons. The minimum atomic E-state index is -0.0535. The van der Waals surface area contributed by atoms with E-state index in [1.165, 1.54) is 0 Å². The van der Waals surface area contributed by atoms with Crippen LogP contribution in [0.4, 0.5) is 0 Å². The van der Waals surface area contributed by atoms with E-state index in [-0.39, 0.29) is 6.10 Å². The molecule has 2 heterocycles. The molecule has 1 aliphatic heterocycles. The molecule has 21 heavy (non-hydrogen) atoms. The quantitative estimate of drug-likeness (QED) is 0.788. The Morgan fingerprint density at radius 2 is 2.24 bits per heavy atom. The average molecular weight is 296 g/mol. The van der Waals surface area contributed by atoms with Crippen LogP contribution in [-0.4, -0.2) is 47.8 Å². The molecule has 1 fully saturated rings. The van der Waals surface area contributed by atoms with Crippen LogP contribution in [0.3, 0.4) is 0 Å². The largest absolute Gasteiger partial charge is 0.367 e. The summed E-state index contributed by atoms with van der Waals surface area (Å²) in [4.78, 5) is 6.85. The summed E-state index contributed by atoms with van der Waals surface area (Å²) in [5, 5.41) is 4.10. The first kappa shape index (κ1) is 16.4. The fraction of sp³-hybridized carbons (Fsp3) is 0.867. The SMILES string of the molecule is CCC(CCN)CCc1nc(C2CN(CC)CCO2)no1. The van der Waals surface area contributed by atoms with Crippen molar-refractivity contribution in [1.82, 2.24) is 15.0 Å². The van der Waals surface area contributed by atoms with Crippen LogP contribution in [0.15, 0.2) is 4.52 Å². The summed E-state index contributed by atoms with van der Waals surface area (Å²) < 4.78 is 11.1. The third-order valence-corrected chi connectivity index (χ3v) is 4.29. The van der Waals surface area contributed by atoms with Gasteiger partial charge in [0, 0.05) is 19.5 Å². The highest BCUT2D eigenvalue weighted by molar-refractivity contribution is 4.94. The van der Waals surface area contributed by atoms with Gasteiger partial charge in [0.05, 0.1) is 6.61 Å². The molecule has 0 amide bonds. The number of nitrogens with two attached hydrogens (primary N) is 1. The van der Waals surface area contributed by atoms with Crippen LogP contribution in [0, 0.1) is 5.92 Å². The van der Waals surface area contributed by atoms with Crippen LogP contribution in [0.25, 0.3) is 0 Å². The zero-order valence-electron chi connectivity index (χ0n) is 13.3. The van der Waals surface area contributed by atoms with E-state index in [1.54, 1.807) is 0 Å². The summed E-state index contributed by atoms with van der Waals surface area (Å²) in [7, 11) is 0. The molecule has 6 nitrogen and oxygen atoms in total. The topological polar surface area (TPSA) is 77.4 Å². The maximum absolute atomic E-state index is 5.75. The number of hydrogen-bond donors (Lipinski definition) is 1. The number of nitrogens with zero attached hydrogens (tertiary/aromatic N) is 3. The molecule has 1 aromatic rings. The lowest BCUT2D eigenvalue weighted by Gasteiger charge is -2.30. The standard InChI is InChI=1S/C15H28N4O2/c1-3-12(7-8-16)5-6-14-17-15(18-21-14)13-11-19(4-2)9-10-20-13/h12-13H,3-11,16H2,1-2H3. The lowest BCUT2D eigenvalue weighted by atomic mass is 9.97. The van der Waals surface area contributed by atoms with Gasteiger partial charge < -0.3 is 15.0 Å². The van der Waals surface area contributed by atoms with E-state index in [0.717, 1.165) is 64.4 Å². The molecule has 2 unspecified atom stereocenters. The van der Waals surface area contributed by atoms with Crippen LogP contribution in [0.1, 0.15) is 50.9 Å². The number of aryl methyl sites for hydroxylation is 1. The Kier molecular flexibility index (Phi) is 6.60. The highest BCUT2D eigenvalue weighted by Crippen LogP contribution is 2.21. The van der Waals surface area contributed by atoms with Crippen molar-refractivity contribution in [2.45, 2.75) is 45.6 Å². The van der Waals surface area contributed by atoms with E-state index in [2.05, 4.69) is 28.9 Å². The molecular weight excluding hydrogens is 268 g/mol. The summed E-state index contributed by atoms with van der Waals surface area (Å²) in [6, 6.07) is 0. The molecular formula is C15H28N4O2. The van der Waals surface area contributed by atoms with E-state index in [9.17, 15) is 0 Å². The predicted molar refractivity (Wildman–Crippen MR) is 80.9 cm³/mol. The minimum absolute atomic E-state index is 0.0535. The second kappa shape index (κ2) is 8.46. The smallest absolute Gasteiger partial charge is 0.226 e. The van der Waals surface area contributed by atoms with Crippen LogP contribution >= 0.6 is 0 Å². The Labute approximate surface area is 127 Å². The normalized spacial score (nSPS) is 21.6. The minimum Gasteiger partial charge on any atom is -0.367 e. The second-order valence-electron chi connectivity index (χ2n) is 5.69. The Morgan fingerprint density at radius 1 is 1.38 bits per heavy atom. The summed E-state index contributed by atoms with van der Waals surface area (Å²) in [6.45, 7) is 8.70. The second-order valence-corrected chi connectivity index (χ2v) is 5.69. The van der Waals surface area contributed by atoms with Crippen molar-refractivity contribution in [3.8, 4) is 0 Å². The number of ether oxygens (including phenoxy) is 1. The number of likely N-dealkylation sites (N-methyl/N-ethyl adjacent to an activating group) is 1. The van der Waals surface area contributed by atoms with Gasteiger partial charge in [-0.1, -0.05) is 25.4 Å². The number of hydrogen-bond acceptors (Lipinski definition) is 6. The van der Waals surface area contributed by atoms with Crippen LogP contribution in [-0.2, 0) is 11.2 Å². The van der Waals surface area contributed by atoms with Crippen molar-refractivity contribution in [1.29, 1.82) is 0 Å². The van der Waals surface area contributed by atoms with E-state index in [1.807, 2.05) is 0 Å². The van der Waals surface area contributed by atoms with Gasteiger partial charge in [-0.2, -0.15) is 4.98 Å². The Hall–Kier alpha value is -0.980. The fourth-order valence-corrected chi connectivity index (χ4v) is 2.76. The van der Waals surface area contributed by atoms with Gasteiger partial charge in [0.2, 0.25) is 11.7 Å². The molecule has 0 aliphatic carbocycles. The molecule has 2 atom stereocenters. The summed E-state index contributed by atoms with van der Waals surface area (Å²) in [6.07, 6.45) is 4.05. The monoisotopic (exact) mass is 296 g/mol. The van der Waals surface area contributed by atoms with Gasteiger partial charge in [-0.15, -0.1) is 0 Å². The van der Waals surface area contributed by atoms with Crippen LogP contribution < -0.4 is 5.73 Å². The van der Waals surface area contributed by atoms with Crippen molar-refractivity contribution in [3.05, 3.63) is 11.7 Å². The number of aromatic nitrogens is 2. The first-order chi connectivity index (χ1) is 10.3. The maximum Gasteiger partial charge on any atom is 0.226 e.